The maximum atomic E-state index is 12.8. The van der Waals surface area contributed by atoms with E-state index in [2.05, 4.69) is 10.3 Å². The summed E-state index contributed by atoms with van der Waals surface area (Å²) in [6.45, 7) is 0.426. The number of nitrogens with zero attached hydrogens (tertiary/aromatic N) is 1. The molecule has 2 aromatic carbocycles. The standard InChI is InChI=1S/C21H21FN4O/c22-18-10-7-16(8-11-18)4-3-13-25-15-17(14-23)9-12-21(27)26-20-6-2-1-5-19(20)24/h1-12,14-15H,13,23-24H2,(H,26,27)/b4-3+,12-9+,17-14?,25-15?. The summed E-state index contributed by atoms with van der Waals surface area (Å²) in [5.41, 5.74) is 13.8. The van der Waals surface area contributed by atoms with Crippen LogP contribution in [0.3, 0.4) is 0 Å². The number of allylic oxidation sites excluding steroid dienone is 2. The topological polar surface area (TPSA) is 93.5 Å². The lowest BCUT2D eigenvalue weighted by Gasteiger charge is -2.04. The summed E-state index contributed by atoms with van der Waals surface area (Å²) in [6, 6.07) is 13.2. The molecule has 138 valence electrons. The molecule has 2 rings (SSSR count). The van der Waals surface area contributed by atoms with Crippen molar-refractivity contribution in [3.05, 3.63) is 89.9 Å². The van der Waals surface area contributed by atoms with Crippen LogP contribution in [-0.2, 0) is 4.79 Å². The number of para-hydroxylation sites is 2. The van der Waals surface area contributed by atoms with E-state index in [9.17, 15) is 9.18 Å². The van der Waals surface area contributed by atoms with Gasteiger partial charge in [0.15, 0.2) is 0 Å². The van der Waals surface area contributed by atoms with Crippen molar-refractivity contribution in [3.63, 3.8) is 0 Å². The fourth-order valence-electron chi connectivity index (χ4n) is 2.08. The molecular formula is C21H21FN4O. The third-order valence-corrected chi connectivity index (χ3v) is 3.47. The summed E-state index contributed by atoms with van der Waals surface area (Å²) in [5, 5.41) is 2.69. The van der Waals surface area contributed by atoms with Gasteiger partial charge in [-0.1, -0.05) is 36.4 Å². The second kappa shape index (κ2) is 10.4. The molecule has 0 spiro atoms. The van der Waals surface area contributed by atoms with Crippen LogP contribution in [-0.4, -0.2) is 18.7 Å². The lowest BCUT2D eigenvalue weighted by molar-refractivity contribution is -0.111. The van der Waals surface area contributed by atoms with E-state index in [0.29, 0.717) is 23.5 Å². The average Bonchev–Trinajstić information content (AvgIpc) is 2.67. The van der Waals surface area contributed by atoms with E-state index < -0.39 is 0 Å². The van der Waals surface area contributed by atoms with E-state index in [-0.39, 0.29) is 11.7 Å². The molecule has 0 saturated heterocycles. The zero-order valence-electron chi connectivity index (χ0n) is 14.7. The molecule has 0 aliphatic heterocycles. The summed E-state index contributed by atoms with van der Waals surface area (Å²) in [7, 11) is 0. The van der Waals surface area contributed by atoms with Crippen molar-refractivity contribution in [2.24, 2.45) is 10.7 Å². The first kappa shape index (κ1) is 19.7. The first-order valence-electron chi connectivity index (χ1n) is 8.26. The Balaban J connectivity index is 1.84. The Hall–Kier alpha value is -3.67. The minimum Gasteiger partial charge on any atom is -0.404 e. The van der Waals surface area contributed by atoms with Crippen LogP contribution in [0.2, 0.25) is 0 Å². The number of nitrogen functional groups attached to an aromatic ring is 1. The highest BCUT2D eigenvalue weighted by Crippen LogP contribution is 2.16. The fraction of sp³-hybridized carbons (Fsp3) is 0.0476. The predicted molar refractivity (Wildman–Crippen MR) is 110 cm³/mol. The number of hydrogen-bond acceptors (Lipinski definition) is 4. The van der Waals surface area contributed by atoms with Crippen molar-refractivity contribution < 1.29 is 9.18 Å². The molecule has 0 atom stereocenters. The molecule has 0 fully saturated rings. The smallest absolute Gasteiger partial charge is 0.248 e. The summed E-state index contributed by atoms with van der Waals surface area (Å²) in [6.07, 6.45) is 9.51. The van der Waals surface area contributed by atoms with Gasteiger partial charge in [-0.25, -0.2) is 4.39 Å². The van der Waals surface area contributed by atoms with E-state index in [4.69, 9.17) is 11.5 Å². The van der Waals surface area contributed by atoms with Crippen LogP contribution in [0.4, 0.5) is 15.8 Å². The Morgan fingerprint density at radius 1 is 1.11 bits per heavy atom. The zero-order valence-corrected chi connectivity index (χ0v) is 14.7. The van der Waals surface area contributed by atoms with E-state index in [0.717, 1.165) is 5.56 Å². The quantitative estimate of drug-likeness (QED) is 0.304. The summed E-state index contributed by atoms with van der Waals surface area (Å²) >= 11 is 0. The molecule has 0 unspecified atom stereocenters. The number of halogens is 1. The van der Waals surface area contributed by atoms with Crippen molar-refractivity contribution in [2.75, 3.05) is 17.6 Å². The number of hydrogen-bond donors (Lipinski definition) is 3. The molecule has 27 heavy (non-hydrogen) atoms. The van der Waals surface area contributed by atoms with Gasteiger partial charge in [0.05, 0.1) is 17.9 Å². The third-order valence-electron chi connectivity index (χ3n) is 3.47. The van der Waals surface area contributed by atoms with Crippen molar-refractivity contribution >= 4 is 29.6 Å². The number of anilines is 2. The highest BCUT2D eigenvalue weighted by molar-refractivity contribution is 6.02. The number of rotatable bonds is 7. The van der Waals surface area contributed by atoms with Crippen LogP contribution in [0.25, 0.3) is 6.08 Å². The summed E-state index contributed by atoms with van der Waals surface area (Å²) in [5.74, 6) is -0.592. The van der Waals surface area contributed by atoms with Gasteiger partial charge < -0.3 is 16.8 Å². The largest absolute Gasteiger partial charge is 0.404 e. The number of carbonyl (C=O) groups is 1. The van der Waals surface area contributed by atoms with Gasteiger partial charge in [0, 0.05) is 24.1 Å². The van der Waals surface area contributed by atoms with Crippen molar-refractivity contribution in [1.29, 1.82) is 0 Å². The van der Waals surface area contributed by atoms with E-state index >= 15 is 0 Å². The maximum absolute atomic E-state index is 12.8. The Morgan fingerprint density at radius 2 is 1.85 bits per heavy atom. The maximum Gasteiger partial charge on any atom is 0.248 e. The van der Waals surface area contributed by atoms with Crippen LogP contribution in [0.5, 0.6) is 0 Å². The molecule has 0 aromatic heterocycles. The van der Waals surface area contributed by atoms with Gasteiger partial charge in [0.25, 0.3) is 0 Å². The Kier molecular flexibility index (Phi) is 7.53. The number of benzene rings is 2. The number of aliphatic imine (C=N–C) groups is 1. The Morgan fingerprint density at radius 3 is 2.56 bits per heavy atom. The van der Waals surface area contributed by atoms with Gasteiger partial charge in [-0.3, -0.25) is 9.79 Å². The van der Waals surface area contributed by atoms with Crippen LogP contribution in [0.15, 0.2) is 83.5 Å². The lowest BCUT2D eigenvalue weighted by Crippen LogP contribution is -2.09. The van der Waals surface area contributed by atoms with Crippen molar-refractivity contribution in [3.8, 4) is 0 Å². The molecule has 0 radical (unpaired) electrons. The third kappa shape index (κ3) is 6.99. The molecule has 0 bridgehead atoms. The zero-order chi connectivity index (χ0) is 19.5. The van der Waals surface area contributed by atoms with E-state index in [1.54, 1.807) is 48.7 Å². The highest BCUT2D eigenvalue weighted by Gasteiger charge is 2.00. The van der Waals surface area contributed by atoms with Gasteiger partial charge in [-0.15, -0.1) is 0 Å². The number of amides is 1. The first-order chi connectivity index (χ1) is 13.1. The minimum absolute atomic E-state index is 0.270. The number of nitrogens with one attached hydrogen (secondary N) is 1. The van der Waals surface area contributed by atoms with Gasteiger partial charge in [-0.2, -0.15) is 0 Å². The van der Waals surface area contributed by atoms with Crippen molar-refractivity contribution in [1.82, 2.24) is 0 Å². The molecular weight excluding hydrogens is 343 g/mol. The first-order valence-corrected chi connectivity index (χ1v) is 8.26. The van der Waals surface area contributed by atoms with E-state index in [1.807, 2.05) is 12.2 Å². The van der Waals surface area contributed by atoms with Gasteiger partial charge in [0.2, 0.25) is 5.91 Å². The Bertz CT molecular complexity index is 883. The van der Waals surface area contributed by atoms with Gasteiger partial charge in [-0.05, 0) is 35.9 Å². The predicted octanol–water partition coefficient (Wildman–Crippen LogP) is 3.53. The molecule has 0 saturated carbocycles. The molecule has 2 aromatic rings. The highest BCUT2D eigenvalue weighted by atomic mass is 19.1. The van der Waals surface area contributed by atoms with Crippen LogP contribution in [0, 0.1) is 5.82 Å². The van der Waals surface area contributed by atoms with Crippen molar-refractivity contribution in [2.45, 2.75) is 0 Å². The monoisotopic (exact) mass is 364 g/mol. The molecule has 0 aliphatic rings. The van der Waals surface area contributed by atoms with Crippen LogP contribution >= 0.6 is 0 Å². The molecule has 5 nitrogen and oxygen atoms in total. The normalized spacial score (nSPS) is 12.3. The molecule has 6 heteroatoms. The SMILES string of the molecule is NC=C(C=NC/C=C/c1ccc(F)cc1)/C=C/C(=O)Nc1ccccc1N. The number of carbonyl (C=O) groups excluding carboxylic acids is 1. The van der Waals surface area contributed by atoms with E-state index in [1.165, 1.54) is 24.4 Å². The molecule has 5 N–H and O–H groups in total. The Labute approximate surface area is 157 Å². The lowest BCUT2D eigenvalue weighted by atomic mass is 10.2. The molecule has 0 heterocycles. The fourth-order valence-corrected chi connectivity index (χ4v) is 2.08. The van der Waals surface area contributed by atoms with Gasteiger partial charge >= 0.3 is 0 Å². The average molecular weight is 364 g/mol. The number of nitrogens with two attached hydrogens (primary N) is 2. The summed E-state index contributed by atoms with van der Waals surface area (Å²) in [4.78, 5) is 16.2. The van der Waals surface area contributed by atoms with Gasteiger partial charge in [0.1, 0.15) is 5.82 Å². The second-order valence-electron chi connectivity index (χ2n) is 5.52. The van der Waals surface area contributed by atoms with Crippen LogP contribution in [0.1, 0.15) is 5.56 Å². The summed E-state index contributed by atoms with van der Waals surface area (Å²) < 4.78 is 12.8. The molecule has 1 amide bonds. The second-order valence-corrected chi connectivity index (χ2v) is 5.52. The van der Waals surface area contributed by atoms with Crippen LogP contribution < -0.4 is 16.8 Å². The minimum atomic E-state index is -0.322. The molecule has 0 aliphatic carbocycles.